The average Bonchev–Trinajstić information content (AvgIpc) is 2.58. The van der Waals surface area contributed by atoms with E-state index in [0.29, 0.717) is 32.7 Å². The van der Waals surface area contributed by atoms with Crippen molar-refractivity contribution in [1.82, 2.24) is 10.2 Å². The number of hydrogen-bond donors (Lipinski definition) is 1. The summed E-state index contributed by atoms with van der Waals surface area (Å²) in [5.41, 5.74) is 0. The minimum atomic E-state index is -0.244. The Morgan fingerprint density at radius 1 is 1.64 bits per heavy atom. The molecule has 0 radical (unpaired) electrons. The van der Waals surface area contributed by atoms with Crippen LogP contribution >= 0.6 is 0 Å². The summed E-state index contributed by atoms with van der Waals surface area (Å²) in [6.45, 7) is 4.24. The van der Waals surface area contributed by atoms with Crippen LogP contribution in [0, 0.1) is 0 Å². The molecular weight excluding hydrogens is 184 g/mol. The first kappa shape index (κ1) is 10.8. The lowest BCUT2D eigenvalue weighted by Gasteiger charge is -2.11. The van der Waals surface area contributed by atoms with Crippen LogP contribution in [0.4, 0.5) is 4.79 Å². The monoisotopic (exact) mass is 200 g/mol. The maximum absolute atomic E-state index is 11.0. The summed E-state index contributed by atoms with van der Waals surface area (Å²) in [4.78, 5) is 23.5. The number of hydrogen-bond acceptors (Lipinski definition) is 3. The Balaban J connectivity index is 2.03. The van der Waals surface area contributed by atoms with Crippen LogP contribution in [-0.4, -0.2) is 43.1 Å². The second-order valence-electron chi connectivity index (χ2n) is 3.16. The molecule has 0 aromatic rings. The van der Waals surface area contributed by atoms with Gasteiger partial charge in [-0.1, -0.05) is 6.92 Å². The molecule has 0 aromatic heterocycles. The van der Waals surface area contributed by atoms with Crippen molar-refractivity contribution in [3.05, 3.63) is 0 Å². The molecule has 14 heavy (non-hydrogen) atoms. The maximum atomic E-state index is 11.0. The van der Waals surface area contributed by atoms with Gasteiger partial charge in [-0.05, 0) is 6.42 Å². The SMILES string of the molecule is CCC(=O)NCCCN1CCOC1=O. The van der Waals surface area contributed by atoms with Gasteiger partial charge in [-0.25, -0.2) is 4.79 Å². The van der Waals surface area contributed by atoms with Crippen molar-refractivity contribution in [2.24, 2.45) is 0 Å². The molecule has 0 aromatic carbocycles. The van der Waals surface area contributed by atoms with Crippen molar-refractivity contribution in [2.75, 3.05) is 26.2 Å². The van der Waals surface area contributed by atoms with E-state index in [1.54, 1.807) is 4.90 Å². The molecule has 0 aliphatic carbocycles. The molecule has 1 aliphatic rings. The highest BCUT2D eigenvalue weighted by Gasteiger charge is 2.20. The summed E-state index contributed by atoms with van der Waals surface area (Å²) in [6.07, 6.45) is 1.04. The maximum Gasteiger partial charge on any atom is 0.409 e. The van der Waals surface area contributed by atoms with Gasteiger partial charge in [-0.3, -0.25) is 4.79 Å². The van der Waals surface area contributed by atoms with Gasteiger partial charge >= 0.3 is 6.09 Å². The van der Waals surface area contributed by atoms with Gasteiger partial charge < -0.3 is 15.0 Å². The molecule has 1 rings (SSSR count). The van der Waals surface area contributed by atoms with Gasteiger partial charge in [-0.2, -0.15) is 0 Å². The predicted molar refractivity (Wildman–Crippen MR) is 50.8 cm³/mol. The number of carbonyl (C=O) groups is 2. The highest BCUT2D eigenvalue weighted by Crippen LogP contribution is 2.02. The minimum Gasteiger partial charge on any atom is -0.448 e. The third-order valence-electron chi connectivity index (χ3n) is 2.09. The second-order valence-corrected chi connectivity index (χ2v) is 3.16. The fourth-order valence-corrected chi connectivity index (χ4v) is 1.25. The van der Waals surface area contributed by atoms with E-state index in [0.717, 1.165) is 6.42 Å². The first-order chi connectivity index (χ1) is 6.74. The molecular formula is C9H16N2O3. The van der Waals surface area contributed by atoms with Gasteiger partial charge in [0.05, 0.1) is 6.54 Å². The summed E-state index contributed by atoms with van der Waals surface area (Å²) in [5.74, 6) is 0.0500. The number of rotatable bonds is 5. The Bertz CT molecular complexity index is 218. The predicted octanol–water partition coefficient (Wildman–Crippen LogP) is 0.355. The quantitative estimate of drug-likeness (QED) is 0.652. The van der Waals surface area contributed by atoms with Gasteiger partial charge in [0.1, 0.15) is 6.61 Å². The number of nitrogens with zero attached hydrogens (tertiary/aromatic N) is 1. The van der Waals surface area contributed by atoms with Crippen LogP contribution in [-0.2, 0) is 9.53 Å². The molecule has 1 saturated heterocycles. The van der Waals surface area contributed by atoms with E-state index in [1.165, 1.54) is 0 Å². The summed E-state index contributed by atoms with van der Waals surface area (Å²) in [7, 11) is 0. The molecule has 1 N–H and O–H groups in total. The molecule has 80 valence electrons. The Labute approximate surface area is 83.4 Å². The largest absolute Gasteiger partial charge is 0.448 e. The van der Waals surface area contributed by atoms with Gasteiger partial charge in [0.25, 0.3) is 0 Å². The van der Waals surface area contributed by atoms with Crippen molar-refractivity contribution in [3.63, 3.8) is 0 Å². The molecule has 1 aliphatic heterocycles. The smallest absolute Gasteiger partial charge is 0.409 e. The van der Waals surface area contributed by atoms with E-state index in [-0.39, 0.29) is 12.0 Å². The highest BCUT2D eigenvalue weighted by atomic mass is 16.6. The number of cyclic esters (lactones) is 1. The van der Waals surface area contributed by atoms with Gasteiger partial charge in [0, 0.05) is 19.5 Å². The van der Waals surface area contributed by atoms with Crippen LogP contribution < -0.4 is 5.32 Å². The lowest BCUT2D eigenvalue weighted by Crippen LogP contribution is -2.30. The molecule has 0 atom stereocenters. The first-order valence-corrected chi connectivity index (χ1v) is 4.92. The van der Waals surface area contributed by atoms with Crippen LogP contribution in [0.2, 0.25) is 0 Å². The van der Waals surface area contributed by atoms with Crippen LogP contribution in [0.5, 0.6) is 0 Å². The summed E-state index contributed by atoms with van der Waals surface area (Å²) in [6, 6.07) is 0. The molecule has 1 heterocycles. The third kappa shape index (κ3) is 3.24. The Hall–Kier alpha value is -1.26. The zero-order chi connectivity index (χ0) is 10.4. The second kappa shape index (κ2) is 5.47. The van der Waals surface area contributed by atoms with Crippen LogP contribution in [0.25, 0.3) is 0 Å². The van der Waals surface area contributed by atoms with Gasteiger partial charge in [0.2, 0.25) is 5.91 Å². The summed E-state index contributed by atoms with van der Waals surface area (Å²) < 4.78 is 4.76. The zero-order valence-corrected chi connectivity index (χ0v) is 8.41. The average molecular weight is 200 g/mol. The van der Waals surface area contributed by atoms with Crippen LogP contribution in [0.3, 0.4) is 0 Å². The summed E-state index contributed by atoms with van der Waals surface area (Å²) in [5, 5.41) is 2.75. The fraction of sp³-hybridized carbons (Fsp3) is 0.778. The fourth-order valence-electron chi connectivity index (χ4n) is 1.25. The third-order valence-corrected chi connectivity index (χ3v) is 2.09. The van der Waals surface area contributed by atoms with Crippen molar-refractivity contribution in [1.29, 1.82) is 0 Å². The van der Waals surface area contributed by atoms with Gasteiger partial charge in [0.15, 0.2) is 0 Å². The van der Waals surface area contributed by atoms with Crippen LogP contribution in [0.15, 0.2) is 0 Å². The van der Waals surface area contributed by atoms with E-state index < -0.39 is 0 Å². The topological polar surface area (TPSA) is 58.6 Å². The summed E-state index contributed by atoms with van der Waals surface area (Å²) >= 11 is 0. The van der Waals surface area contributed by atoms with E-state index >= 15 is 0 Å². The minimum absolute atomic E-state index is 0.0500. The molecule has 0 saturated carbocycles. The number of ether oxygens (including phenoxy) is 1. The van der Waals surface area contributed by atoms with Crippen molar-refractivity contribution in [2.45, 2.75) is 19.8 Å². The first-order valence-electron chi connectivity index (χ1n) is 4.92. The molecule has 5 heteroatoms. The van der Waals surface area contributed by atoms with Crippen molar-refractivity contribution < 1.29 is 14.3 Å². The normalized spacial score (nSPS) is 15.5. The Kier molecular flexibility index (Phi) is 4.22. The number of carbonyl (C=O) groups excluding carboxylic acids is 2. The number of nitrogens with one attached hydrogen (secondary N) is 1. The Morgan fingerprint density at radius 3 is 3.00 bits per heavy atom. The highest BCUT2D eigenvalue weighted by molar-refractivity contribution is 5.75. The van der Waals surface area contributed by atoms with E-state index in [1.807, 2.05) is 6.92 Å². The lowest BCUT2D eigenvalue weighted by molar-refractivity contribution is -0.120. The molecule has 1 fully saturated rings. The van der Waals surface area contributed by atoms with Gasteiger partial charge in [-0.15, -0.1) is 0 Å². The molecule has 0 bridgehead atoms. The Morgan fingerprint density at radius 2 is 2.43 bits per heavy atom. The molecule has 5 nitrogen and oxygen atoms in total. The molecule has 0 unspecified atom stereocenters. The lowest BCUT2D eigenvalue weighted by atomic mass is 10.3. The molecule has 0 spiro atoms. The van der Waals surface area contributed by atoms with E-state index in [2.05, 4.69) is 5.32 Å². The van der Waals surface area contributed by atoms with E-state index in [9.17, 15) is 9.59 Å². The van der Waals surface area contributed by atoms with Crippen molar-refractivity contribution in [3.8, 4) is 0 Å². The van der Waals surface area contributed by atoms with E-state index in [4.69, 9.17) is 4.74 Å². The number of amides is 2. The van der Waals surface area contributed by atoms with Crippen molar-refractivity contribution >= 4 is 12.0 Å². The molecule has 2 amide bonds. The zero-order valence-electron chi connectivity index (χ0n) is 8.41. The van der Waals surface area contributed by atoms with Crippen LogP contribution in [0.1, 0.15) is 19.8 Å². The standard InChI is InChI=1S/C9H16N2O3/c1-2-8(12)10-4-3-5-11-6-7-14-9(11)13/h2-7H2,1H3,(H,10,12).